The van der Waals surface area contributed by atoms with Crippen LogP contribution in [0.2, 0.25) is 0 Å². The molecule has 1 aromatic rings. The Balaban J connectivity index is 2.65. The zero-order chi connectivity index (χ0) is 6.81. The minimum atomic E-state index is 0.140. The van der Waals surface area contributed by atoms with Crippen LogP contribution in [-0.4, -0.2) is 14.0 Å². The molecule has 0 aromatic carbocycles. The predicted octanol–water partition coefficient (Wildman–Crippen LogP) is 1.58. The smallest absolute Gasteiger partial charge is 0.116 e. The summed E-state index contributed by atoms with van der Waals surface area (Å²) < 4.78 is 4.43. The second kappa shape index (κ2) is 2.57. The third-order valence-electron chi connectivity index (χ3n) is 1.25. The van der Waals surface area contributed by atoms with E-state index in [1.54, 1.807) is 6.33 Å². The largest absolute Gasteiger partial charge is 0.244 e. The lowest BCUT2D eigenvalue weighted by molar-refractivity contribution is 1.15. The molecule has 1 aliphatic rings. The number of rotatable bonds is 0. The molecule has 2 rings (SSSR count). The lowest BCUT2D eigenvalue weighted by atomic mass is 10.2. The van der Waals surface area contributed by atoms with Crippen molar-refractivity contribution >= 4 is 30.8 Å². The quantitative estimate of drug-likeness (QED) is 0.647. The zero-order valence-corrected chi connectivity index (χ0v) is 7.32. The van der Waals surface area contributed by atoms with Gasteiger partial charge in [-0.2, -0.15) is 0 Å². The van der Waals surface area contributed by atoms with Gasteiger partial charge < -0.3 is 0 Å². The molecule has 0 bridgehead atoms. The van der Waals surface area contributed by atoms with E-state index in [0.29, 0.717) is 0 Å². The van der Waals surface area contributed by atoms with Crippen LogP contribution in [0.4, 0.5) is 0 Å². The predicted molar refractivity (Wildman–Crippen MR) is 50.3 cm³/mol. The van der Waals surface area contributed by atoms with Crippen molar-refractivity contribution in [1.29, 1.82) is 0 Å². The Morgan fingerprint density at radius 3 is 3.30 bits per heavy atom. The van der Waals surface area contributed by atoms with Gasteiger partial charge in [0.1, 0.15) is 6.33 Å². The number of halogens is 1. The van der Waals surface area contributed by atoms with Crippen LogP contribution in [0, 0.1) is 0 Å². The standard InChI is InChI=1S/C7H5IN2/c1-2-8-3-6-4-9-5-10-7(1)6/h1-5H. The highest BCUT2D eigenvalue weighted by Crippen LogP contribution is 2.14. The van der Waals surface area contributed by atoms with Crippen molar-refractivity contribution in [2.24, 2.45) is 0 Å². The first kappa shape index (κ1) is 6.15. The van der Waals surface area contributed by atoms with Crippen molar-refractivity contribution < 1.29 is 0 Å². The summed E-state index contributed by atoms with van der Waals surface area (Å²) in [4.78, 5) is 8.05. The Bertz CT molecular complexity index is 273. The van der Waals surface area contributed by atoms with Crippen LogP contribution in [0.25, 0.3) is 6.08 Å². The van der Waals surface area contributed by atoms with Crippen LogP contribution >= 0.6 is 20.7 Å². The average molecular weight is 244 g/mol. The summed E-state index contributed by atoms with van der Waals surface area (Å²) in [6, 6.07) is 0. The van der Waals surface area contributed by atoms with Crippen molar-refractivity contribution in [3.05, 3.63) is 27.9 Å². The first-order chi connectivity index (χ1) is 4.97. The van der Waals surface area contributed by atoms with Gasteiger partial charge in [0.05, 0.1) is 5.69 Å². The molecule has 3 heteroatoms. The number of nitrogens with zero attached hydrogens (tertiary/aromatic N) is 2. The first-order valence-corrected chi connectivity index (χ1v) is 5.38. The van der Waals surface area contributed by atoms with Crippen LogP contribution in [0.3, 0.4) is 0 Å². The molecule has 2 heterocycles. The maximum absolute atomic E-state index is 4.11. The summed E-state index contributed by atoms with van der Waals surface area (Å²) in [5, 5.41) is 0. The molecule has 0 spiro atoms. The minimum Gasteiger partial charge on any atom is -0.244 e. The third kappa shape index (κ3) is 1.01. The molecule has 0 amide bonds. The van der Waals surface area contributed by atoms with Crippen LogP contribution in [0.1, 0.15) is 11.3 Å². The zero-order valence-electron chi connectivity index (χ0n) is 5.16. The van der Waals surface area contributed by atoms with Crippen LogP contribution in [0.5, 0.6) is 0 Å². The fourth-order valence-corrected chi connectivity index (χ4v) is 2.40. The number of hydrogen-bond donors (Lipinski definition) is 0. The van der Waals surface area contributed by atoms with Crippen LogP contribution in [-0.2, 0) is 0 Å². The van der Waals surface area contributed by atoms with E-state index in [0.717, 1.165) is 5.69 Å². The van der Waals surface area contributed by atoms with Gasteiger partial charge in [-0.05, 0) is 14.2 Å². The Morgan fingerprint density at radius 1 is 1.40 bits per heavy atom. The molecule has 2 nitrogen and oxygen atoms in total. The van der Waals surface area contributed by atoms with Crippen molar-refractivity contribution in [2.45, 2.75) is 0 Å². The maximum Gasteiger partial charge on any atom is 0.116 e. The fourth-order valence-electron chi connectivity index (χ4n) is 0.773. The molecule has 1 aliphatic heterocycles. The topological polar surface area (TPSA) is 25.8 Å². The lowest BCUT2D eigenvalue weighted by Gasteiger charge is -1.99. The molecule has 0 saturated heterocycles. The summed E-state index contributed by atoms with van der Waals surface area (Å²) in [6.45, 7) is 0. The van der Waals surface area contributed by atoms with E-state index < -0.39 is 0 Å². The summed E-state index contributed by atoms with van der Waals surface area (Å²) in [5.41, 5.74) is 2.25. The van der Waals surface area contributed by atoms with E-state index in [1.165, 1.54) is 5.56 Å². The molecule has 0 unspecified atom stereocenters. The Kier molecular flexibility index (Phi) is 1.58. The number of hydrogen-bond acceptors (Lipinski definition) is 2. The lowest BCUT2D eigenvalue weighted by Crippen LogP contribution is -1.92. The van der Waals surface area contributed by atoms with Gasteiger partial charge in [0.25, 0.3) is 0 Å². The summed E-state index contributed by atoms with van der Waals surface area (Å²) >= 11 is 0.140. The van der Waals surface area contributed by atoms with Gasteiger partial charge in [0, 0.05) is 11.8 Å². The minimum absolute atomic E-state index is 0.140. The van der Waals surface area contributed by atoms with Gasteiger partial charge in [0.15, 0.2) is 0 Å². The van der Waals surface area contributed by atoms with Crippen molar-refractivity contribution in [3.8, 4) is 0 Å². The van der Waals surface area contributed by atoms with Crippen molar-refractivity contribution in [3.63, 3.8) is 0 Å². The SMILES string of the molecule is C1=Cc2ncncc2C=I1. The Hall–Kier alpha value is -0.580. The van der Waals surface area contributed by atoms with Gasteiger partial charge in [-0.15, -0.1) is 0 Å². The summed E-state index contributed by atoms with van der Waals surface area (Å²) in [7, 11) is 0. The van der Waals surface area contributed by atoms with Crippen LogP contribution in [0.15, 0.2) is 16.6 Å². The second-order valence-electron chi connectivity index (χ2n) is 1.89. The van der Waals surface area contributed by atoms with Crippen LogP contribution < -0.4 is 0 Å². The molecule has 0 fully saturated rings. The average Bonchev–Trinajstić information content (AvgIpc) is 2.05. The molecule has 0 radical (unpaired) electrons. The molecule has 0 N–H and O–H groups in total. The van der Waals surface area contributed by atoms with E-state index in [2.05, 4.69) is 24.1 Å². The highest BCUT2D eigenvalue weighted by atomic mass is 127. The normalized spacial score (nSPS) is 14.0. The molecule has 0 atom stereocenters. The molecular formula is C7H5IN2. The Labute approximate surface area is 68.8 Å². The summed E-state index contributed by atoms with van der Waals surface area (Å²) in [6.07, 6.45) is 5.52. The highest BCUT2D eigenvalue weighted by Gasteiger charge is 1.98. The van der Waals surface area contributed by atoms with E-state index in [9.17, 15) is 0 Å². The van der Waals surface area contributed by atoms with E-state index in [1.807, 2.05) is 6.20 Å². The van der Waals surface area contributed by atoms with Crippen molar-refractivity contribution in [2.75, 3.05) is 0 Å². The van der Waals surface area contributed by atoms with E-state index in [4.69, 9.17) is 0 Å². The molecule has 0 aliphatic carbocycles. The summed E-state index contributed by atoms with van der Waals surface area (Å²) in [5.74, 6) is 0. The van der Waals surface area contributed by atoms with E-state index >= 15 is 0 Å². The van der Waals surface area contributed by atoms with Gasteiger partial charge in [-0.3, -0.25) is 0 Å². The first-order valence-electron chi connectivity index (χ1n) is 2.88. The van der Waals surface area contributed by atoms with Crippen molar-refractivity contribution in [1.82, 2.24) is 9.97 Å². The highest BCUT2D eigenvalue weighted by molar-refractivity contribution is 14.2. The second-order valence-corrected chi connectivity index (χ2v) is 3.95. The molecule has 50 valence electrons. The van der Waals surface area contributed by atoms with E-state index in [-0.39, 0.29) is 20.7 Å². The Morgan fingerprint density at radius 2 is 2.40 bits per heavy atom. The molecule has 1 aromatic heterocycles. The number of aromatic nitrogens is 2. The monoisotopic (exact) mass is 244 g/mol. The fraction of sp³-hybridized carbons (Fsp3) is 0. The van der Waals surface area contributed by atoms with Gasteiger partial charge in [-0.1, -0.05) is 20.7 Å². The van der Waals surface area contributed by atoms with Gasteiger partial charge in [0.2, 0.25) is 0 Å². The number of fused-ring (bicyclic) bond motifs is 1. The third-order valence-corrected chi connectivity index (χ3v) is 3.05. The molecular weight excluding hydrogens is 239 g/mol. The molecule has 0 saturated carbocycles. The molecule has 10 heavy (non-hydrogen) atoms. The van der Waals surface area contributed by atoms with Gasteiger partial charge >= 0.3 is 0 Å². The maximum atomic E-state index is 4.11. The van der Waals surface area contributed by atoms with Gasteiger partial charge in [-0.25, -0.2) is 9.97 Å².